The third kappa shape index (κ3) is 5.85. The molecule has 1 aromatic rings. The molecule has 1 aromatic carbocycles. The molecule has 0 aliphatic heterocycles. The van der Waals surface area contributed by atoms with Gasteiger partial charge in [-0.1, -0.05) is 101 Å². The third-order valence-electron chi connectivity index (χ3n) is 4.87. The SMILES string of the molecule is [B]C(c1ccccc1C([B])P(C(C)(C)C)C(C)(C)C)P(C(C)C)C(C)C. The first-order valence-electron chi connectivity index (χ1n) is 9.86. The first-order valence-corrected chi connectivity index (χ1v) is 12.8. The molecule has 26 heavy (non-hydrogen) atoms. The van der Waals surface area contributed by atoms with Crippen molar-refractivity contribution in [2.45, 2.75) is 102 Å². The maximum absolute atomic E-state index is 6.98. The van der Waals surface area contributed by atoms with Gasteiger partial charge in [0.05, 0.1) is 15.7 Å². The van der Waals surface area contributed by atoms with E-state index in [0.29, 0.717) is 11.3 Å². The van der Waals surface area contributed by atoms with Gasteiger partial charge in [0.2, 0.25) is 0 Å². The summed E-state index contributed by atoms with van der Waals surface area (Å²) in [6.07, 6.45) is 0. The van der Waals surface area contributed by atoms with E-state index in [9.17, 15) is 0 Å². The van der Waals surface area contributed by atoms with Crippen LogP contribution < -0.4 is 0 Å². The van der Waals surface area contributed by atoms with Gasteiger partial charge in [-0.3, -0.25) is 0 Å². The van der Waals surface area contributed by atoms with Gasteiger partial charge in [-0.15, -0.1) is 7.92 Å². The molecule has 0 heterocycles. The van der Waals surface area contributed by atoms with E-state index in [2.05, 4.69) is 93.5 Å². The zero-order valence-corrected chi connectivity index (χ0v) is 20.5. The molecule has 0 amide bonds. The molecule has 0 aromatic heterocycles. The van der Waals surface area contributed by atoms with Crippen molar-refractivity contribution in [2.24, 2.45) is 0 Å². The van der Waals surface area contributed by atoms with Gasteiger partial charge >= 0.3 is 0 Å². The van der Waals surface area contributed by atoms with Gasteiger partial charge in [0.25, 0.3) is 0 Å². The quantitative estimate of drug-likeness (QED) is 0.353. The Balaban J connectivity index is 3.43. The molecule has 0 bridgehead atoms. The Morgan fingerprint density at radius 2 is 1.04 bits per heavy atom. The fourth-order valence-electron chi connectivity index (χ4n) is 4.43. The number of rotatable bonds is 6. The molecule has 0 fully saturated rings. The van der Waals surface area contributed by atoms with Gasteiger partial charge in [0.1, 0.15) is 0 Å². The standard InChI is InChI=1S/C22H38B2P2/c1-15(2)25(16(3)4)19(23)17-13-11-12-14-18(17)20(24)26(21(5,6)7)22(8,9)10/h11-16,19-20H,1-10H3. The highest BCUT2D eigenvalue weighted by atomic mass is 31.1. The van der Waals surface area contributed by atoms with Crippen molar-refractivity contribution >= 4 is 31.5 Å². The van der Waals surface area contributed by atoms with Crippen molar-refractivity contribution < 1.29 is 0 Å². The Morgan fingerprint density at radius 1 is 0.692 bits per heavy atom. The van der Waals surface area contributed by atoms with Crippen LogP contribution >= 0.6 is 15.8 Å². The molecule has 4 radical (unpaired) electrons. The number of hydrogen-bond acceptors (Lipinski definition) is 0. The minimum atomic E-state index is -0.442. The van der Waals surface area contributed by atoms with Gasteiger partial charge in [-0.25, -0.2) is 0 Å². The van der Waals surface area contributed by atoms with Crippen molar-refractivity contribution in [1.82, 2.24) is 0 Å². The minimum Gasteiger partial charge on any atom is -0.103 e. The summed E-state index contributed by atoms with van der Waals surface area (Å²) in [7, 11) is 13.1. The van der Waals surface area contributed by atoms with E-state index in [-0.39, 0.29) is 29.4 Å². The van der Waals surface area contributed by atoms with Crippen LogP contribution in [0.2, 0.25) is 0 Å². The van der Waals surface area contributed by atoms with Crippen molar-refractivity contribution in [2.75, 3.05) is 0 Å². The lowest BCUT2D eigenvalue weighted by atomic mass is 9.85. The van der Waals surface area contributed by atoms with E-state index >= 15 is 0 Å². The van der Waals surface area contributed by atoms with Crippen molar-refractivity contribution in [3.05, 3.63) is 35.4 Å². The summed E-state index contributed by atoms with van der Waals surface area (Å²) in [5.41, 5.74) is 3.89. The van der Waals surface area contributed by atoms with Gasteiger partial charge < -0.3 is 0 Å². The molecular weight excluding hydrogens is 348 g/mol. The molecule has 0 aliphatic rings. The van der Waals surface area contributed by atoms with Crippen LogP contribution in [0.5, 0.6) is 0 Å². The van der Waals surface area contributed by atoms with Crippen LogP contribution in [0.3, 0.4) is 0 Å². The molecule has 142 valence electrons. The molecule has 2 unspecified atom stereocenters. The molecule has 0 saturated heterocycles. The molecule has 0 aliphatic carbocycles. The molecule has 2 atom stereocenters. The third-order valence-corrected chi connectivity index (χ3v) is 11.9. The smallest absolute Gasteiger partial charge is 0.0828 e. The fourth-order valence-corrected chi connectivity index (χ4v) is 11.7. The monoisotopic (exact) mass is 386 g/mol. The average molecular weight is 386 g/mol. The topological polar surface area (TPSA) is 0 Å². The van der Waals surface area contributed by atoms with E-state index in [4.69, 9.17) is 15.7 Å². The predicted molar refractivity (Wildman–Crippen MR) is 127 cm³/mol. The lowest BCUT2D eigenvalue weighted by molar-refractivity contribution is 0.700. The van der Waals surface area contributed by atoms with Crippen LogP contribution in [0.4, 0.5) is 0 Å². The van der Waals surface area contributed by atoms with E-state index in [0.717, 1.165) is 0 Å². The van der Waals surface area contributed by atoms with Gasteiger partial charge in [0, 0.05) is 0 Å². The first-order chi connectivity index (χ1) is 11.7. The highest BCUT2D eigenvalue weighted by molar-refractivity contribution is 7.62. The van der Waals surface area contributed by atoms with Crippen molar-refractivity contribution in [3.8, 4) is 0 Å². The summed E-state index contributed by atoms with van der Waals surface area (Å²) in [5, 5.41) is 0.371. The maximum Gasteiger partial charge on any atom is 0.0828 e. The summed E-state index contributed by atoms with van der Waals surface area (Å²) in [6, 6.07) is 8.69. The van der Waals surface area contributed by atoms with E-state index in [1.807, 2.05) is 0 Å². The second-order valence-electron chi connectivity index (χ2n) is 9.86. The van der Waals surface area contributed by atoms with E-state index < -0.39 is 7.92 Å². The van der Waals surface area contributed by atoms with Crippen LogP contribution in [-0.2, 0) is 0 Å². The predicted octanol–water partition coefficient (Wildman–Crippen LogP) is 7.40. The molecule has 0 N–H and O–H groups in total. The average Bonchev–Trinajstić information content (AvgIpc) is 2.43. The minimum absolute atomic E-state index is 0.0448. The zero-order valence-electron chi connectivity index (χ0n) is 18.7. The molecule has 4 heteroatoms. The van der Waals surface area contributed by atoms with Gasteiger partial charge in [-0.2, -0.15) is 0 Å². The lowest BCUT2D eigenvalue weighted by Gasteiger charge is -2.47. The summed E-state index contributed by atoms with van der Waals surface area (Å²) in [4.78, 5) is 0. The molecule has 0 nitrogen and oxygen atoms in total. The van der Waals surface area contributed by atoms with Crippen LogP contribution in [0.25, 0.3) is 0 Å². The van der Waals surface area contributed by atoms with Crippen LogP contribution in [-0.4, -0.2) is 37.3 Å². The van der Waals surface area contributed by atoms with Crippen LogP contribution in [0.15, 0.2) is 24.3 Å². The van der Waals surface area contributed by atoms with E-state index in [1.54, 1.807) is 0 Å². The highest BCUT2D eigenvalue weighted by Gasteiger charge is 2.39. The highest BCUT2D eigenvalue weighted by Crippen LogP contribution is 2.68. The summed E-state index contributed by atoms with van der Waals surface area (Å²) in [6.45, 7) is 23.3. The fraction of sp³-hybridized carbons (Fsp3) is 0.727. The van der Waals surface area contributed by atoms with Crippen LogP contribution in [0, 0.1) is 0 Å². The molecule has 1 rings (SSSR count). The summed E-state index contributed by atoms with van der Waals surface area (Å²) >= 11 is 0. The second kappa shape index (κ2) is 9.14. The van der Waals surface area contributed by atoms with E-state index in [1.165, 1.54) is 11.1 Å². The van der Waals surface area contributed by atoms with Gasteiger partial charge in [0.15, 0.2) is 0 Å². The molecular formula is C22H38B2P2. The number of benzene rings is 1. The Hall–Kier alpha value is 0.210. The largest absolute Gasteiger partial charge is 0.103 e. The lowest BCUT2D eigenvalue weighted by Crippen LogP contribution is -2.29. The summed E-state index contributed by atoms with van der Waals surface area (Å²) in [5.74, 6) is 0. The Morgan fingerprint density at radius 3 is 1.35 bits per heavy atom. The van der Waals surface area contributed by atoms with Crippen molar-refractivity contribution in [3.63, 3.8) is 0 Å². The van der Waals surface area contributed by atoms with Crippen LogP contribution in [0.1, 0.15) is 91.5 Å². The second-order valence-corrected chi connectivity index (χ2v) is 17.4. The van der Waals surface area contributed by atoms with Gasteiger partial charge in [-0.05, 0) is 43.9 Å². The molecule has 0 spiro atoms. The molecule has 0 saturated carbocycles. The Kier molecular flexibility index (Phi) is 8.52. The normalized spacial score (nSPS) is 15.9. The first kappa shape index (κ1) is 24.2. The number of hydrogen-bond donors (Lipinski definition) is 0. The Labute approximate surface area is 169 Å². The Bertz CT molecular complexity index is 548. The summed E-state index contributed by atoms with van der Waals surface area (Å²) < 4.78 is 0. The maximum atomic E-state index is 6.98. The zero-order chi connectivity index (χ0) is 20.4. The van der Waals surface area contributed by atoms with Crippen molar-refractivity contribution in [1.29, 1.82) is 0 Å².